The van der Waals surface area contributed by atoms with Gasteiger partial charge >= 0.3 is 0 Å². The lowest BCUT2D eigenvalue weighted by Crippen LogP contribution is -2.50. The van der Waals surface area contributed by atoms with Crippen LogP contribution >= 0.6 is 11.6 Å². The summed E-state index contributed by atoms with van der Waals surface area (Å²) in [6.07, 6.45) is 0. The Morgan fingerprint density at radius 1 is 1.40 bits per heavy atom. The second-order valence-corrected chi connectivity index (χ2v) is 6.20. The van der Waals surface area contributed by atoms with E-state index in [-0.39, 0.29) is 0 Å². The van der Waals surface area contributed by atoms with Crippen LogP contribution in [0.1, 0.15) is 32.4 Å². The van der Waals surface area contributed by atoms with E-state index >= 15 is 0 Å². The van der Waals surface area contributed by atoms with Gasteiger partial charge in [-0.25, -0.2) is 0 Å². The van der Waals surface area contributed by atoms with Gasteiger partial charge in [-0.2, -0.15) is 0 Å². The van der Waals surface area contributed by atoms with Crippen LogP contribution in [0, 0.1) is 0 Å². The van der Waals surface area contributed by atoms with E-state index in [0.717, 1.165) is 31.2 Å². The quantitative estimate of drug-likeness (QED) is 0.920. The van der Waals surface area contributed by atoms with Gasteiger partial charge in [-0.05, 0) is 45.1 Å². The summed E-state index contributed by atoms with van der Waals surface area (Å²) in [6, 6.07) is 7.31. The molecule has 0 radical (unpaired) electrons. The molecule has 3 nitrogen and oxygen atoms in total. The fourth-order valence-corrected chi connectivity index (χ4v) is 3.32. The maximum absolute atomic E-state index is 6.48. The topological polar surface area (TPSA) is 18.5 Å². The zero-order chi connectivity index (χ0) is 14.7. The molecule has 1 N–H and O–H groups in total. The Balaban J connectivity index is 2.16. The number of likely N-dealkylation sites (N-methyl/N-ethyl adjacent to an activating group) is 1. The summed E-state index contributed by atoms with van der Waals surface area (Å²) in [5.41, 5.74) is 2.42. The summed E-state index contributed by atoms with van der Waals surface area (Å²) in [5.74, 6) is 0. The lowest BCUT2D eigenvalue weighted by Gasteiger charge is -2.40. The van der Waals surface area contributed by atoms with Crippen LogP contribution < -0.4 is 10.2 Å². The van der Waals surface area contributed by atoms with Gasteiger partial charge in [0.2, 0.25) is 0 Å². The number of piperazine rings is 1. The molecule has 1 saturated heterocycles. The molecule has 1 heterocycles. The second-order valence-electron chi connectivity index (χ2n) is 5.79. The van der Waals surface area contributed by atoms with Gasteiger partial charge in [0.05, 0.1) is 0 Å². The lowest BCUT2D eigenvalue weighted by atomic mass is 10.1. The van der Waals surface area contributed by atoms with Crippen molar-refractivity contribution in [3.63, 3.8) is 0 Å². The first kappa shape index (κ1) is 15.6. The summed E-state index contributed by atoms with van der Waals surface area (Å²) < 4.78 is 0. The molecule has 2 atom stereocenters. The number of nitrogens with one attached hydrogen (secondary N) is 1. The average molecular weight is 296 g/mol. The molecular weight excluding hydrogens is 270 g/mol. The van der Waals surface area contributed by atoms with Crippen molar-refractivity contribution in [3.05, 3.63) is 28.8 Å². The molecule has 0 amide bonds. The molecule has 2 unspecified atom stereocenters. The van der Waals surface area contributed by atoms with Gasteiger partial charge < -0.3 is 15.1 Å². The maximum atomic E-state index is 6.48. The van der Waals surface area contributed by atoms with Crippen molar-refractivity contribution in [3.8, 4) is 0 Å². The van der Waals surface area contributed by atoms with Crippen molar-refractivity contribution in [2.24, 2.45) is 0 Å². The predicted molar refractivity (Wildman–Crippen MR) is 87.8 cm³/mol. The summed E-state index contributed by atoms with van der Waals surface area (Å²) in [7, 11) is 2.18. The monoisotopic (exact) mass is 295 g/mol. The average Bonchev–Trinajstić information content (AvgIpc) is 2.38. The Morgan fingerprint density at radius 3 is 2.75 bits per heavy atom. The summed E-state index contributed by atoms with van der Waals surface area (Å²) in [5, 5.41) is 4.27. The van der Waals surface area contributed by atoms with Crippen LogP contribution in [0.25, 0.3) is 0 Å². The number of hydrogen-bond donors (Lipinski definition) is 1. The van der Waals surface area contributed by atoms with Crippen molar-refractivity contribution in [2.45, 2.75) is 32.9 Å². The Kier molecular flexibility index (Phi) is 5.30. The van der Waals surface area contributed by atoms with E-state index in [0.29, 0.717) is 12.1 Å². The minimum absolute atomic E-state index is 0.298. The Morgan fingerprint density at radius 2 is 2.15 bits per heavy atom. The van der Waals surface area contributed by atoms with Crippen molar-refractivity contribution < 1.29 is 0 Å². The fraction of sp³-hybridized carbons (Fsp3) is 0.625. The highest BCUT2D eigenvalue weighted by atomic mass is 35.5. The van der Waals surface area contributed by atoms with Gasteiger partial charge in [0.1, 0.15) is 0 Å². The molecule has 2 rings (SSSR count). The number of benzene rings is 1. The molecule has 0 aliphatic carbocycles. The van der Waals surface area contributed by atoms with Crippen molar-refractivity contribution in [1.82, 2.24) is 10.2 Å². The van der Waals surface area contributed by atoms with Crippen LogP contribution in [0.2, 0.25) is 5.02 Å². The third kappa shape index (κ3) is 3.46. The molecular formula is C16H26ClN3. The number of hydrogen-bond acceptors (Lipinski definition) is 3. The minimum atomic E-state index is 0.298. The van der Waals surface area contributed by atoms with E-state index in [2.05, 4.69) is 61.1 Å². The van der Waals surface area contributed by atoms with E-state index < -0.39 is 0 Å². The molecule has 1 aliphatic heterocycles. The smallest absolute Gasteiger partial charge is 0.0474 e. The zero-order valence-electron chi connectivity index (χ0n) is 13.0. The standard InChI is InChI=1S/C16H26ClN3/c1-5-18-13(3)15-7-6-14(10-16(15)17)20-9-8-19(4)11-12(20)2/h6-7,10,12-13,18H,5,8-9,11H2,1-4H3. The third-order valence-electron chi connectivity index (χ3n) is 4.12. The Labute approximate surface area is 127 Å². The molecule has 0 aromatic heterocycles. The largest absolute Gasteiger partial charge is 0.366 e. The summed E-state index contributed by atoms with van der Waals surface area (Å²) >= 11 is 6.48. The van der Waals surface area contributed by atoms with Gasteiger partial charge in [0.15, 0.2) is 0 Å². The molecule has 1 fully saturated rings. The van der Waals surface area contributed by atoms with Crippen molar-refractivity contribution in [1.29, 1.82) is 0 Å². The predicted octanol–water partition coefficient (Wildman–Crippen LogP) is 3.15. The van der Waals surface area contributed by atoms with Crippen LogP contribution in [0.5, 0.6) is 0 Å². The van der Waals surface area contributed by atoms with Crippen LogP contribution in [0.15, 0.2) is 18.2 Å². The first-order valence-electron chi connectivity index (χ1n) is 7.51. The van der Waals surface area contributed by atoms with Gasteiger partial charge in [-0.1, -0.05) is 24.6 Å². The van der Waals surface area contributed by atoms with Crippen LogP contribution in [0.3, 0.4) is 0 Å². The third-order valence-corrected chi connectivity index (χ3v) is 4.45. The normalized spacial score (nSPS) is 22.1. The Hall–Kier alpha value is -0.770. The zero-order valence-corrected chi connectivity index (χ0v) is 13.7. The highest BCUT2D eigenvalue weighted by Crippen LogP contribution is 2.29. The molecule has 0 spiro atoms. The van der Waals surface area contributed by atoms with Crippen molar-refractivity contribution >= 4 is 17.3 Å². The van der Waals surface area contributed by atoms with E-state index in [9.17, 15) is 0 Å². The van der Waals surface area contributed by atoms with Crippen LogP contribution in [-0.4, -0.2) is 44.2 Å². The Bertz CT molecular complexity index is 449. The molecule has 1 aliphatic rings. The van der Waals surface area contributed by atoms with Gasteiger partial charge in [0.25, 0.3) is 0 Å². The highest BCUT2D eigenvalue weighted by Gasteiger charge is 2.22. The van der Waals surface area contributed by atoms with E-state index in [1.54, 1.807) is 0 Å². The van der Waals surface area contributed by atoms with Crippen LogP contribution in [0.4, 0.5) is 5.69 Å². The first-order chi connectivity index (χ1) is 9.52. The first-order valence-corrected chi connectivity index (χ1v) is 7.88. The lowest BCUT2D eigenvalue weighted by molar-refractivity contribution is 0.275. The molecule has 1 aromatic carbocycles. The number of halogens is 1. The molecule has 1 aromatic rings. The summed E-state index contributed by atoms with van der Waals surface area (Å²) in [6.45, 7) is 10.8. The maximum Gasteiger partial charge on any atom is 0.0474 e. The van der Waals surface area contributed by atoms with E-state index in [1.165, 1.54) is 11.3 Å². The molecule has 112 valence electrons. The van der Waals surface area contributed by atoms with Gasteiger partial charge in [-0.3, -0.25) is 0 Å². The molecule has 20 heavy (non-hydrogen) atoms. The highest BCUT2D eigenvalue weighted by molar-refractivity contribution is 6.31. The van der Waals surface area contributed by atoms with Crippen LogP contribution in [-0.2, 0) is 0 Å². The molecule has 0 saturated carbocycles. The second kappa shape index (κ2) is 6.79. The molecule has 4 heteroatoms. The van der Waals surface area contributed by atoms with Gasteiger partial charge in [0, 0.05) is 42.4 Å². The number of anilines is 1. The number of nitrogens with zero attached hydrogens (tertiary/aromatic N) is 2. The minimum Gasteiger partial charge on any atom is -0.366 e. The van der Waals surface area contributed by atoms with Crippen molar-refractivity contribution in [2.75, 3.05) is 38.1 Å². The SMILES string of the molecule is CCNC(C)c1ccc(N2CCN(C)CC2C)cc1Cl. The summed E-state index contributed by atoms with van der Waals surface area (Å²) in [4.78, 5) is 4.83. The van der Waals surface area contributed by atoms with E-state index in [1.807, 2.05) is 0 Å². The van der Waals surface area contributed by atoms with E-state index in [4.69, 9.17) is 11.6 Å². The fourth-order valence-electron chi connectivity index (χ4n) is 2.99. The van der Waals surface area contributed by atoms with Gasteiger partial charge in [-0.15, -0.1) is 0 Å². The molecule has 0 bridgehead atoms. The number of rotatable bonds is 4.